The number of amides is 1. The summed E-state index contributed by atoms with van der Waals surface area (Å²) < 4.78 is 0. The molecule has 0 aliphatic heterocycles. The van der Waals surface area contributed by atoms with Gasteiger partial charge >= 0.3 is 5.97 Å². The van der Waals surface area contributed by atoms with E-state index in [0.717, 1.165) is 19.3 Å². The molecule has 2 fully saturated rings. The molecular formula is C11H17NO3. The number of aliphatic carboxylic acids is 1. The molecule has 4 heteroatoms. The molecule has 2 saturated carbocycles. The summed E-state index contributed by atoms with van der Waals surface area (Å²) in [5.74, 6) is -0.516. The zero-order valence-corrected chi connectivity index (χ0v) is 8.95. The summed E-state index contributed by atoms with van der Waals surface area (Å²) in [6, 6.07) is 0. The van der Waals surface area contributed by atoms with Crippen molar-refractivity contribution < 1.29 is 14.7 Å². The molecule has 0 aromatic carbocycles. The van der Waals surface area contributed by atoms with Gasteiger partial charge in [-0.15, -0.1) is 0 Å². The van der Waals surface area contributed by atoms with Crippen molar-refractivity contribution in [1.29, 1.82) is 0 Å². The maximum Gasteiger partial charge on any atom is 0.329 e. The number of rotatable bonds is 3. The smallest absolute Gasteiger partial charge is 0.329 e. The van der Waals surface area contributed by atoms with Crippen LogP contribution < -0.4 is 5.32 Å². The molecule has 2 aliphatic rings. The maximum absolute atomic E-state index is 11.8. The fourth-order valence-electron chi connectivity index (χ4n) is 2.38. The quantitative estimate of drug-likeness (QED) is 0.736. The minimum Gasteiger partial charge on any atom is -0.480 e. The van der Waals surface area contributed by atoms with Crippen molar-refractivity contribution in [3.63, 3.8) is 0 Å². The maximum atomic E-state index is 11.8. The Morgan fingerprint density at radius 1 is 1.33 bits per heavy atom. The lowest BCUT2D eigenvalue weighted by Crippen LogP contribution is -2.46. The summed E-state index contributed by atoms with van der Waals surface area (Å²) in [6.07, 6.45) is 4.23. The highest BCUT2D eigenvalue weighted by Crippen LogP contribution is 2.38. The van der Waals surface area contributed by atoms with Crippen LogP contribution in [-0.4, -0.2) is 22.5 Å². The van der Waals surface area contributed by atoms with Gasteiger partial charge in [0.05, 0.1) is 0 Å². The van der Waals surface area contributed by atoms with Crippen molar-refractivity contribution in [3.05, 3.63) is 0 Å². The number of hydrogen-bond acceptors (Lipinski definition) is 2. The molecule has 84 valence electrons. The third-order valence-corrected chi connectivity index (χ3v) is 3.72. The van der Waals surface area contributed by atoms with Gasteiger partial charge in [-0.3, -0.25) is 4.79 Å². The van der Waals surface area contributed by atoms with E-state index in [2.05, 4.69) is 12.2 Å². The SMILES string of the molecule is CC1CCCC1C(=O)NC1(C(=O)O)CC1. The molecule has 2 atom stereocenters. The predicted octanol–water partition coefficient (Wildman–Crippen LogP) is 1.16. The van der Waals surface area contributed by atoms with Gasteiger partial charge in [0.1, 0.15) is 5.54 Å². The van der Waals surface area contributed by atoms with Gasteiger partial charge in [-0.25, -0.2) is 4.79 Å². The molecule has 2 rings (SSSR count). The summed E-state index contributed by atoms with van der Waals surface area (Å²) in [7, 11) is 0. The van der Waals surface area contributed by atoms with E-state index in [-0.39, 0.29) is 11.8 Å². The van der Waals surface area contributed by atoms with Gasteiger partial charge in [0.25, 0.3) is 0 Å². The lowest BCUT2D eigenvalue weighted by molar-refractivity contribution is -0.144. The monoisotopic (exact) mass is 211 g/mol. The Morgan fingerprint density at radius 2 is 2.00 bits per heavy atom. The van der Waals surface area contributed by atoms with Crippen molar-refractivity contribution in [2.45, 2.75) is 44.6 Å². The van der Waals surface area contributed by atoms with Gasteiger partial charge < -0.3 is 10.4 Å². The molecule has 15 heavy (non-hydrogen) atoms. The second kappa shape index (κ2) is 3.51. The average Bonchev–Trinajstić information content (AvgIpc) is 2.82. The molecule has 0 radical (unpaired) electrons. The number of carboxylic acids is 1. The number of carbonyl (C=O) groups is 2. The van der Waals surface area contributed by atoms with E-state index >= 15 is 0 Å². The topological polar surface area (TPSA) is 66.4 Å². The standard InChI is InChI=1S/C11H17NO3/c1-7-3-2-4-8(7)9(13)12-11(5-6-11)10(14)15/h7-8H,2-6H2,1H3,(H,12,13)(H,14,15). The molecule has 0 saturated heterocycles. The fourth-order valence-corrected chi connectivity index (χ4v) is 2.38. The zero-order valence-electron chi connectivity index (χ0n) is 8.95. The van der Waals surface area contributed by atoms with Crippen LogP contribution >= 0.6 is 0 Å². The Balaban J connectivity index is 1.95. The van der Waals surface area contributed by atoms with Crippen molar-refractivity contribution in [2.24, 2.45) is 11.8 Å². The van der Waals surface area contributed by atoms with Crippen LogP contribution in [0.15, 0.2) is 0 Å². The van der Waals surface area contributed by atoms with Crippen LogP contribution in [0.25, 0.3) is 0 Å². The van der Waals surface area contributed by atoms with Crippen LogP contribution in [0.3, 0.4) is 0 Å². The Bertz CT molecular complexity index is 296. The first kappa shape index (κ1) is 10.5. The first-order chi connectivity index (χ1) is 7.05. The van der Waals surface area contributed by atoms with Crippen LogP contribution in [0.2, 0.25) is 0 Å². The van der Waals surface area contributed by atoms with E-state index in [9.17, 15) is 9.59 Å². The summed E-state index contributed by atoms with van der Waals surface area (Å²) in [5, 5.41) is 11.6. The fraction of sp³-hybridized carbons (Fsp3) is 0.818. The van der Waals surface area contributed by atoms with E-state index < -0.39 is 11.5 Å². The van der Waals surface area contributed by atoms with Crippen LogP contribution in [0.1, 0.15) is 39.0 Å². The number of nitrogens with one attached hydrogen (secondary N) is 1. The van der Waals surface area contributed by atoms with E-state index in [1.807, 2.05) is 0 Å². The molecule has 2 unspecified atom stereocenters. The molecular weight excluding hydrogens is 194 g/mol. The lowest BCUT2D eigenvalue weighted by Gasteiger charge is -2.18. The second-order valence-corrected chi connectivity index (χ2v) is 4.89. The zero-order chi connectivity index (χ0) is 11.1. The van der Waals surface area contributed by atoms with Gasteiger partial charge in [-0.05, 0) is 31.6 Å². The molecule has 2 aliphatic carbocycles. The first-order valence-corrected chi connectivity index (χ1v) is 5.60. The largest absolute Gasteiger partial charge is 0.480 e. The number of carboxylic acid groups (broad SMARTS) is 1. The lowest BCUT2D eigenvalue weighted by atomic mass is 9.97. The molecule has 0 heterocycles. The highest BCUT2D eigenvalue weighted by atomic mass is 16.4. The predicted molar refractivity (Wildman–Crippen MR) is 54.2 cm³/mol. The molecule has 0 aromatic rings. The Hall–Kier alpha value is -1.06. The van der Waals surface area contributed by atoms with Crippen LogP contribution in [0, 0.1) is 11.8 Å². The Labute approximate surface area is 89.0 Å². The summed E-state index contributed by atoms with van der Waals surface area (Å²) >= 11 is 0. The second-order valence-electron chi connectivity index (χ2n) is 4.89. The van der Waals surface area contributed by atoms with Crippen molar-refractivity contribution in [2.75, 3.05) is 0 Å². The van der Waals surface area contributed by atoms with Crippen molar-refractivity contribution >= 4 is 11.9 Å². The third kappa shape index (κ3) is 1.85. The van der Waals surface area contributed by atoms with E-state index in [1.54, 1.807) is 0 Å². The van der Waals surface area contributed by atoms with Crippen molar-refractivity contribution in [1.82, 2.24) is 5.32 Å². The van der Waals surface area contributed by atoms with Crippen LogP contribution in [-0.2, 0) is 9.59 Å². The van der Waals surface area contributed by atoms with E-state index in [1.165, 1.54) is 0 Å². The molecule has 1 amide bonds. The normalized spacial score (nSPS) is 32.3. The van der Waals surface area contributed by atoms with E-state index in [4.69, 9.17) is 5.11 Å². The van der Waals surface area contributed by atoms with Gasteiger partial charge in [-0.1, -0.05) is 13.3 Å². The highest BCUT2D eigenvalue weighted by molar-refractivity contribution is 5.90. The molecule has 0 bridgehead atoms. The summed E-state index contributed by atoms with van der Waals surface area (Å²) in [4.78, 5) is 22.7. The van der Waals surface area contributed by atoms with Gasteiger partial charge in [0.15, 0.2) is 0 Å². The van der Waals surface area contributed by atoms with Gasteiger partial charge in [0, 0.05) is 5.92 Å². The average molecular weight is 211 g/mol. The summed E-state index contributed by atoms with van der Waals surface area (Å²) in [6.45, 7) is 2.07. The Kier molecular flexibility index (Phi) is 2.44. The first-order valence-electron chi connectivity index (χ1n) is 5.60. The molecule has 0 spiro atoms. The molecule has 4 nitrogen and oxygen atoms in total. The van der Waals surface area contributed by atoms with Crippen LogP contribution in [0.4, 0.5) is 0 Å². The minimum atomic E-state index is -0.917. The van der Waals surface area contributed by atoms with Crippen LogP contribution in [0.5, 0.6) is 0 Å². The number of carbonyl (C=O) groups excluding carboxylic acids is 1. The number of hydrogen-bond donors (Lipinski definition) is 2. The molecule has 2 N–H and O–H groups in total. The van der Waals surface area contributed by atoms with Gasteiger partial charge in [0.2, 0.25) is 5.91 Å². The minimum absolute atomic E-state index is 0.0295. The summed E-state index contributed by atoms with van der Waals surface area (Å²) in [5.41, 5.74) is -0.917. The highest BCUT2D eigenvalue weighted by Gasteiger charge is 2.52. The third-order valence-electron chi connectivity index (χ3n) is 3.72. The van der Waals surface area contributed by atoms with Gasteiger partial charge in [-0.2, -0.15) is 0 Å². The molecule has 0 aromatic heterocycles. The van der Waals surface area contributed by atoms with E-state index in [0.29, 0.717) is 18.8 Å². The van der Waals surface area contributed by atoms with Crippen molar-refractivity contribution in [3.8, 4) is 0 Å². The Morgan fingerprint density at radius 3 is 2.40 bits per heavy atom.